The van der Waals surface area contributed by atoms with E-state index in [1.807, 2.05) is 24.3 Å². The minimum atomic E-state index is -0.390. The molecule has 0 aliphatic heterocycles. The number of pyridine rings is 1. The largest absolute Gasteiger partial charge is 0.356 e. The van der Waals surface area contributed by atoms with Crippen LogP contribution in [0.4, 0.5) is 0 Å². The zero-order valence-electron chi connectivity index (χ0n) is 11.3. The van der Waals surface area contributed by atoms with E-state index in [2.05, 4.69) is 36.4 Å². The first-order valence-electron chi connectivity index (χ1n) is 6.43. The number of hydrogen-bond acceptors (Lipinski definition) is 3. The molecule has 6 nitrogen and oxygen atoms in total. The molecule has 0 atom stereocenters. The number of carbonyl (C=O) groups is 1. The topological polar surface area (TPSA) is 90.1 Å². The normalized spacial score (nSPS) is 11.1. The Morgan fingerprint density at radius 3 is 2.86 bits per heavy atom. The number of halogens is 1. The van der Waals surface area contributed by atoms with Crippen LogP contribution in [0.1, 0.15) is 16.1 Å². The number of hydrazone groups is 1. The van der Waals surface area contributed by atoms with E-state index in [1.165, 1.54) is 6.21 Å². The minimum Gasteiger partial charge on any atom is -0.356 e. The number of para-hydroxylation sites is 1. The van der Waals surface area contributed by atoms with Gasteiger partial charge in [-0.2, -0.15) is 5.10 Å². The first kappa shape index (κ1) is 14.3. The molecule has 0 aliphatic rings. The van der Waals surface area contributed by atoms with Gasteiger partial charge in [-0.05, 0) is 39.5 Å². The summed E-state index contributed by atoms with van der Waals surface area (Å²) in [6.07, 6.45) is 2.97. The van der Waals surface area contributed by atoms with Gasteiger partial charge in [-0.1, -0.05) is 18.2 Å². The predicted molar refractivity (Wildman–Crippen MR) is 88.1 cm³/mol. The van der Waals surface area contributed by atoms with Crippen LogP contribution in [-0.2, 0) is 0 Å². The van der Waals surface area contributed by atoms with Gasteiger partial charge in [-0.15, -0.1) is 0 Å². The number of nitrogens with one attached hydrogen (secondary N) is 3. The average Bonchev–Trinajstić information content (AvgIpc) is 2.94. The third-order valence-electron chi connectivity index (χ3n) is 3.04. The van der Waals surface area contributed by atoms with Crippen molar-refractivity contribution in [2.75, 3.05) is 0 Å². The van der Waals surface area contributed by atoms with Gasteiger partial charge in [-0.3, -0.25) is 9.59 Å². The molecule has 3 rings (SSSR count). The highest BCUT2D eigenvalue weighted by Gasteiger charge is 2.06. The van der Waals surface area contributed by atoms with E-state index in [4.69, 9.17) is 0 Å². The molecule has 0 spiro atoms. The van der Waals surface area contributed by atoms with Gasteiger partial charge >= 0.3 is 0 Å². The van der Waals surface area contributed by atoms with Gasteiger partial charge in [0.1, 0.15) is 5.69 Å². The van der Waals surface area contributed by atoms with Crippen molar-refractivity contribution in [3.63, 3.8) is 0 Å². The van der Waals surface area contributed by atoms with Gasteiger partial charge in [-0.25, -0.2) is 5.43 Å². The molecule has 22 heavy (non-hydrogen) atoms. The summed E-state index contributed by atoms with van der Waals surface area (Å²) in [7, 11) is 0. The van der Waals surface area contributed by atoms with E-state index in [9.17, 15) is 9.59 Å². The molecule has 1 amide bonds. The monoisotopic (exact) mass is 358 g/mol. The molecular formula is C15H11BrN4O2. The maximum absolute atomic E-state index is 11.9. The number of aromatic amines is 2. The van der Waals surface area contributed by atoms with Crippen LogP contribution in [0.15, 0.2) is 57.0 Å². The number of rotatable bonds is 3. The zero-order chi connectivity index (χ0) is 15.5. The van der Waals surface area contributed by atoms with E-state index >= 15 is 0 Å². The van der Waals surface area contributed by atoms with E-state index in [1.54, 1.807) is 18.3 Å². The zero-order valence-corrected chi connectivity index (χ0v) is 12.8. The molecule has 3 aromatic rings. The molecule has 2 heterocycles. The van der Waals surface area contributed by atoms with Gasteiger partial charge in [0.25, 0.3) is 11.5 Å². The lowest BCUT2D eigenvalue weighted by atomic mass is 10.2. The molecule has 0 unspecified atom stereocenters. The van der Waals surface area contributed by atoms with E-state index < -0.39 is 0 Å². The number of benzene rings is 1. The number of carbonyl (C=O) groups excluding carboxylic acids is 1. The number of amides is 1. The second kappa shape index (κ2) is 5.98. The summed E-state index contributed by atoms with van der Waals surface area (Å²) in [6.45, 7) is 0. The van der Waals surface area contributed by atoms with Gasteiger partial charge in [0.05, 0.1) is 11.8 Å². The summed E-state index contributed by atoms with van der Waals surface area (Å²) in [5.41, 5.74) is 3.59. The molecule has 0 saturated heterocycles. The fourth-order valence-corrected chi connectivity index (χ4v) is 2.32. The van der Waals surface area contributed by atoms with Gasteiger partial charge in [0.2, 0.25) is 0 Å². The third-order valence-corrected chi connectivity index (χ3v) is 3.50. The molecule has 0 saturated carbocycles. The highest BCUT2D eigenvalue weighted by molar-refractivity contribution is 9.10. The van der Waals surface area contributed by atoms with Gasteiger partial charge in [0, 0.05) is 16.2 Å². The average molecular weight is 359 g/mol. The highest BCUT2D eigenvalue weighted by Crippen LogP contribution is 2.10. The Balaban J connectivity index is 1.79. The van der Waals surface area contributed by atoms with Crippen molar-refractivity contribution in [2.45, 2.75) is 0 Å². The summed E-state index contributed by atoms with van der Waals surface area (Å²) >= 11 is 3.24. The molecule has 3 N–H and O–H groups in total. The Morgan fingerprint density at radius 2 is 2.09 bits per heavy atom. The van der Waals surface area contributed by atoms with Crippen molar-refractivity contribution in [3.05, 3.63) is 68.7 Å². The number of aromatic nitrogens is 2. The summed E-state index contributed by atoms with van der Waals surface area (Å²) in [6, 6.07) is 10.8. The molecule has 0 bridgehead atoms. The second-order valence-corrected chi connectivity index (χ2v) is 5.49. The quantitative estimate of drug-likeness (QED) is 0.495. The lowest BCUT2D eigenvalue weighted by Crippen LogP contribution is -2.19. The molecule has 0 aliphatic carbocycles. The van der Waals surface area contributed by atoms with Crippen molar-refractivity contribution in [2.24, 2.45) is 5.10 Å². The maximum Gasteiger partial charge on any atom is 0.287 e. The molecule has 2 aromatic heterocycles. The van der Waals surface area contributed by atoms with E-state index in [0.717, 1.165) is 15.4 Å². The first-order chi connectivity index (χ1) is 10.6. The lowest BCUT2D eigenvalue weighted by Gasteiger charge is -1.99. The fraction of sp³-hybridized carbons (Fsp3) is 0. The molecule has 0 radical (unpaired) electrons. The van der Waals surface area contributed by atoms with E-state index in [-0.39, 0.29) is 11.5 Å². The molecular weight excluding hydrogens is 348 g/mol. The smallest absolute Gasteiger partial charge is 0.287 e. The van der Waals surface area contributed by atoms with Crippen LogP contribution >= 0.6 is 15.9 Å². The SMILES string of the molecule is O=C(N/N=C/c1cc2ccccc2[nH]c1=O)c1cc(Br)c[nH]1. The van der Waals surface area contributed by atoms with Crippen molar-refractivity contribution in [1.29, 1.82) is 0 Å². The van der Waals surface area contributed by atoms with Crippen LogP contribution in [-0.4, -0.2) is 22.1 Å². The molecule has 0 fully saturated rings. The third kappa shape index (κ3) is 2.99. The summed E-state index contributed by atoms with van der Waals surface area (Å²) in [5.74, 6) is -0.390. The minimum absolute atomic E-state index is 0.265. The summed E-state index contributed by atoms with van der Waals surface area (Å²) in [4.78, 5) is 29.2. The van der Waals surface area contributed by atoms with Crippen LogP contribution in [0, 0.1) is 0 Å². The predicted octanol–water partition coefficient (Wildman–Crippen LogP) is 2.38. The van der Waals surface area contributed by atoms with Crippen LogP contribution in [0.2, 0.25) is 0 Å². The maximum atomic E-state index is 11.9. The Kier molecular flexibility index (Phi) is 3.88. The van der Waals surface area contributed by atoms with Crippen molar-refractivity contribution in [1.82, 2.24) is 15.4 Å². The first-order valence-corrected chi connectivity index (χ1v) is 7.22. The van der Waals surface area contributed by atoms with Crippen LogP contribution in [0.25, 0.3) is 10.9 Å². The summed E-state index contributed by atoms with van der Waals surface area (Å²) < 4.78 is 0.771. The van der Waals surface area contributed by atoms with Crippen LogP contribution in [0.3, 0.4) is 0 Å². The van der Waals surface area contributed by atoms with Crippen molar-refractivity contribution < 1.29 is 4.79 Å². The van der Waals surface area contributed by atoms with Crippen molar-refractivity contribution >= 4 is 39.0 Å². The van der Waals surface area contributed by atoms with Gasteiger partial charge in [0.15, 0.2) is 0 Å². The molecule has 7 heteroatoms. The van der Waals surface area contributed by atoms with Crippen molar-refractivity contribution in [3.8, 4) is 0 Å². The summed E-state index contributed by atoms with van der Waals surface area (Å²) in [5, 5.41) is 4.71. The number of nitrogens with zero attached hydrogens (tertiary/aromatic N) is 1. The van der Waals surface area contributed by atoms with Crippen LogP contribution < -0.4 is 11.0 Å². The number of hydrogen-bond donors (Lipinski definition) is 3. The number of fused-ring (bicyclic) bond motifs is 1. The Labute approximate surface area is 133 Å². The standard InChI is InChI=1S/C15H11BrN4O2/c16-11-6-13(17-8-11)15(22)20-18-7-10-5-9-3-1-2-4-12(9)19-14(10)21/h1-8,17H,(H,19,21)(H,20,22)/b18-7+. The number of H-pyrrole nitrogens is 2. The lowest BCUT2D eigenvalue weighted by molar-refractivity contribution is 0.0951. The Hall–Kier alpha value is -2.67. The van der Waals surface area contributed by atoms with Gasteiger partial charge < -0.3 is 9.97 Å². The Morgan fingerprint density at radius 1 is 1.27 bits per heavy atom. The fourth-order valence-electron chi connectivity index (χ4n) is 1.98. The molecule has 1 aromatic carbocycles. The van der Waals surface area contributed by atoms with Crippen LogP contribution in [0.5, 0.6) is 0 Å². The molecule has 110 valence electrons. The second-order valence-electron chi connectivity index (χ2n) is 4.57. The highest BCUT2D eigenvalue weighted by atomic mass is 79.9. The Bertz CT molecular complexity index is 926. The van der Waals surface area contributed by atoms with E-state index in [0.29, 0.717) is 11.3 Å².